The first-order valence-electron chi connectivity index (χ1n) is 4.69. The van der Waals surface area contributed by atoms with E-state index in [-0.39, 0.29) is 12.5 Å². The van der Waals surface area contributed by atoms with Crippen LogP contribution in [-0.2, 0) is 19.0 Å². The topological polar surface area (TPSA) is 65.0 Å². The molecule has 0 saturated carbocycles. The summed E-state index contributed by atoms with van der Waals surface area (Å²) in [5.41, 5.74) is 0. The van der Waals surface area contributed by atoms with Gasteiger partial charge in [-0.1, -0.05) is 0 Å². The Morgan fingerprint density at radius 3 is 3.00 bits per heavy atom. The van der Waals surface area contributed by atoms with E-state index < -0.39 is 18.4 Å². The van der Waals surface area contributed by atoms with Crippen molar-refractivity contribution in [2.24, 2.45) is 5.92 Å². The highest BCUT2D eigenvalue weighted by Gasteiger charge is 2.38. The molecular weight excluding hydrogens is 188 g/mol. The predicted octanol–water partition coefficient (Wildman–Crippen LogP) is -0.0806. The summed E-state index contributed by atoms with van der Waals surface area (Å²) in [6, 6.07) is 0. The number of carbonyl (C=O) groups excluding carboxylic acids is 1. The van der Waals surface area contributed by atoms with Crippen LogP contribution in [0.25, 0.3) is 0 Å². The van der Waals surface area contributed by atoms with Gasteiger partial charge in [0.2, 0.25) is 0 Å². The minimum atomic E-state index is -1.15. The Bertz CT molecular complexity index is 194. The van der Waals surface area contributed by atoms with Crippen molar-refractivity contribution in [3.05, 3.63) is 0 Å². The minimum absolute atomic E-state index is 0.265. The van der Waals surface area contributed by atoms with E-state index in [0.717, 1.165) is 0 Å². The number of aliphatic hydroxyl groups excluding tert-OH is 1. The van der Waals surface area contributed by atoms with Gasteiger partial charge in [-0.25, -0.2) is 4.79 Å². The van der Waals surface area contributed by atoms with Gasteiger partial charge in [0.1, 0.15) is 0 Å². The second-order valence-corrected chi connectivity index (χ2v) is 3.12. The van der Waals surface area contributed by atoms with Crippen molar-refractivity contribution in [2.45, 2.75) is 25.7 Å². The normalized spacial score (nSPS) is 28.8. The van der Waals surface area contributed by atoms with Gasteiger partial charge >= 0.3 is 5.97 Å². The highest BCUT2D eigenvalue weighted by atomic mass is 16.7. The molecule has 0 aromatic carbocycles. The van der Waals surface area contributed by atoms with Gasteiger partial charge in [0.15, 0.2) is 12.4 Å². The lowest BCUT2D eigenvalue weighted by atomic mass is 10.0. The second-order valence-electron chi connectivity index (χ2n) is 3.12. The van der Waals surface area contributed by atoms with Crippen LogP contribution in [0, 0.1) is 5.92 Å². The average Bonchev–Trinajstić information content (AvgIpc) is 2.64. The number of ether oxygens (including phenoxy) is 3. The third kappa shape index (κ3) is 2.43. The van der Waals surface area contributed by atoms with Gasteiger partial charge in [-0.15, -0.1) is 0 Å². The molecule has 0 radical (unpaired) electrons. The Balaban J connectivity index is 2.50. The van der Waals surface area contributed by atoms with Gasteiger partial charge in [0, 0.05) is 13.0 Å². The summed E-state index contributed by atoms with van der Waals surface area (Å²) >= 11 is 0. The van der Waals surface area contributed by atoms with Crippen molar-refractivity contribution in [3.8, 4) is 0 Å². The van der Waals surface area contributed by atoms with E-state index in [1.54, 1.807) is 6.92 Å². The third-order valence-corrected chi connectivity index (χ3v) is 2.25. The number of esters is 1. The molecule has 3 atom stereocenters. The van der Waals surface area contributed by atoms with Crippen LogP contribution in [0.3, 0.4) is 0 Å². The quantitative estimate of drug-likeness (QED) is 0.649. The van der Waals surface area contributed by atoms with Crippen molar-refractivity contribution in [3.63, 3.8) is 0 Å². The lowest BCUT2D eigenvalue weighted by molar-refractivity contribution is -0.168. The smallest absolute Gasteiger partial charge is 0.335 e. The van der Waals surface area contributed by atoms with Crippen molar-refractivity contribution in [2.75, 3.05) is 20.3 Å². The van der Waals surface area contributed by atoms with E-state index in [1.807, 2.05) is 0 Å². The summed E-state index contributed by atoms with van der Waals surface area (Å²) in [6.07, 6.45) is -1.05. The molecule has 1 N–H and O–H groups in total. The fourth-order valence-electron chi connectivity index (χ4n) is 1.53. The lowest BCUT2D eigenvalue weighted by Crippen LogP contribution is -2.36. The van der Waals surface area contributed by atoms with Crippen LogP contribution in [0.1, 0.15) is 13.3 Å². The monoisotopic (exact) mass is 204 g/mol. The van der Waals surface area contributed by atoms with E-state index in [2.05, 4.69) is 0 Å². The molecule has 1 saturated heterocycles. The highest BCUT2D eigenvalue weighted by molar-refractivity contribution is 5.74. The van der Waals surface area contributed by atoms with Crippen LogP contribution in [-0.4, -0.2) is 43.8 Å². The molecule has 0 aromatic rings. The Morgan fingerprint density at radius 1 is 1.71 bits per heavy atom. The molecule has 0 amide bonds. The van der Waals surface area contributed by atoms with Crippen molar-refractivity contribution >= 4 is 5.97 Å². The molecule has 0 aliphatic carbocycles. The maximum absolute atomic E-state index is 11.2. The molecule has 1 heterocycles. The van der Waals surface area contributed by atoms with Crippen LogP contribution in [0.2, 0.25) is 0 Å². The van der Waals surface area contributed by atoms with Crippen LogP contribution >= 0.6 is 0 Å². The maximum Gasteiger partial charge on any atom is 0.335 e. The number of hydrogen-bond acceptors (Lipinski definition) is 5. The first-order chi connectivity index (χ1) is 6.70. The largest absolute Gasteiger partial charge is 0.464 e. The van der Waals surface area contributed by atoms with E-state index >= 15 is 0 Å². The molecule has 3 unspecified atom stereocenters. The van der Waals surface area contributed by atoms with Crippen LogP contribution < -0.4 is 0 Å². The van der Waals surface area contributed by atoms with Crippen LogP contribution in [0.4, 0.5) is 0 Å². The van der Waals surface area contributed by atoms with E-state index in [9.17, 15) is 9.90 Å². The number of carbonyl (C=O) groups is 1. The summed E-state index contributed by atoms with van der Waals surface area (Å²) in [5, 5.41) is 9.62. The Morgan fingerprint density at radius 2 is 2.43 bits per heavy atom. The molecule has 0 bridgehead atoms. The Hall–Kier alpha value is -0.650. The number of methoxy groups -OCH3 is 1. The molecule has 1 aliphatic rings. The second kappa shape index (κ2) is 5.29. The zero-order chi connectivity index (χ0) is 10.6. The van der Waals surface area contributed by atoms with E-state index in [1.165, 1.54) is 7.11 Å². The Labute approximate surface area is 82.9 Å². The number of hydrogen-bond donors (Lipinski definition) is 1. The van der Waals surface area contributed by atoms with E-state index in [0.29, 0.717) is 13.0 Å². The third-order valence-electron chi connectivity index (χ3n) is 2.25. The molecular formula is C9H16O5. The molecule has 82 valence electrons. The molecule has 1 aliphatic heterocycles. The van der Waals surface area contributed by atoms with Crippen LogP contribution in [0.5, 0.6) is 0 Å². The maximum atomic E-state index is 11.2. The average molecular weight is 204 g/mol. The SMILES string of the molecule is CCOC(=O)C(O)C1CCOC1OC. The van der Waals surface area contributed by atoms with Gasteiger partial charge in [-0.2, -0.15) is 0 Å². The van der Waals surface area contributed by atoms with Crippen molar-refractivity contribution in [1.82, 2.24) is 0 Å². The summed E-state index contributed by atoms with van der Waals surface area (Å²) in [7, 11) is 1.49. The molecule has 5 heteroatoms. The standard InChI is InChI=1S/C9H16O5/c1-3-13-8(11)7(10)6-4-5-14-9(6)12-2/h6-7,9-10H,3-5H2,1-2H3. The van der Waals surface area contributed by atoms with Crippen LogP contribution in [0.15, 0.2) is 0 Å². The summed E-state index contributed by atoms with van der Waals surface area (Å²) in [6.45, 7) is 2.46. The zero-order valence-corrected chi connectivity index (χ0v) is 8.43. The summed E-state index contributed by atoms with van der Waals surface area (Å²) in [5.74, 6) is -0.927. The first-order valence-corrected chi connectivity index (χ1v) is 4.69. The molecule has 0 spiro atoms. The van der Waals surface area contributed by atoms with E-state index in [4.69, 9.17) is 14.2 Å². The van der Waals surface area contributed by atoms with Gasteiger partial charge < -0.3 is 19.3 Å². The van der Waals surface area contributed by atoms with Gasteiger partial charge in [-0.05, 0) is 13.3 Å². The predicted molar refractivity (Wildman–Crippen MR) is 47.5 cm³/mol. The first kappa shape index (κ1) is 11.4. The Kier molecular flexibility index (Phi) is 4.31. The minimum Gasteiger partial charge on any atom is -0.464 e. The molecule has 1 fully saturated rings. The number of aliphatic hydroxyl groups is 1. The fraction of sp³-hybridized carbons (Fsp3) is 0.889. The molecule has 14 heavy (non-hydrogen) atoms. The van der Waals surface area contributed by atoms with Gasteiger partial charge in [0.05, 0.1) is 13.2 Å². The highest BCUT2D eigenvalue weighted by Crippen LogP contribution is 2.25. The molecule has 5 nitrogen and oxygen atoms in total. The summed E-state index contributed by atoms with van der Waals surface area (Å²) in [4.78, 5) is 11.2. The molecule has 0 aromatic heterocycles. The molecule has 1 rings (SSSR count). The number of rotatable bonds is 4. The summed E-state index contributed by atoms with van der Waals surface area (Å²) < 4.78 is 14.9. The zero-order valence-electron chi connectivity index (χ0n) is 8.43. The fourth-order valence-corrected chi connectivity index (χ4v) is 1.53. The van der Waals surface area contributed by atoms with Crippen molar-refractivity contribution in [1.29, 1.82) is 0 Å². The van der Waals surface area contributed by atoms with Gasteiger partial charge in [0.25, 0.3) is 0 Å². The van der Waals surface area contributed by atoms with Crippen molar-refractivity contribution < 1.29 is 24.1 Å². The van der Waals surface area contributed by atoms with Gasteiger partial charge in [-0.3, -0.25) is 0 Å². The lowest BCUT2D eigenvalue weighted by Gasteiger charge is -2.20.